The van der Waals surface area contributed by atoms with Gasteiger partial charge in [0, 0.05) is 25.2 Å². The molecule has 1 fully saturated rings. The summed E-state index contributed by atoms with van der Waals surface area (Å²) in [6, 6.07) is 10.5. The van der Waals surface area contributed by atoms with Crippen LogP contribution in [0.1, 0.15) is 35.6 Å². The molecule has 0 amide bonds. The van der Waals surface area contributed by atoms with Crippen LogP contribution in [0.5, 0.6) is 23.0 Å². The van der Waals surface area contributed by atoms with Crippen LogP contribution in [0.15, 0.2) is 30.3 Å². The van der Waals surface area contributed by atoms with Crippen molar-refractivity contribution in [2.24, 2.45) is 0 Å². The lowest BCUT2D eigenvalue weighted by Gasteiger charge is -2.45. The van der Waals surface area contributed by atoms with E-state index in [0.717, 1.165) is 61.2 Å². The van der Waals surface area contributed by atoms with Crippen LogP contribution in [0.25, 0.3) is 0 Å². The number of hydrogen-bond acceptors (Lipinski definition) is 6. The van der Waals surface area contributed by atoms with Gasteiger partial charge in [0.05, 0.1) is 20.3 Å². The van der Waals surface area contributed by atoms with Crippen LogP contribution in [0.3, 0.4) is 0 Å². The van der Waals surface area contributed by atoms with Gasteiger partial charge in [-0.05, 0) is 53.8 Å². The van der Waals surface area contributed by atoms with E-state index in [4.69, 9.17) is 23.7 Å². The molecule has 0 aliphatic carbocycles. The molecule has 1 spiro atoms. The normalized spacial score (nSPS) is 22.0. The van der Waals surface area contributed by atoms with Gasteiger partial charge < -0.3 is 29.0 Å². The largest absolute Gasteiger partial charge is 0.493 e. The fraction of sp³-hybridized carbons (Fsp3) is 0.455. The van der Waals surface area contributed by atoms with Crippen molar-refractivity contribution >= 4 is 0 Å². The molecule has 2 aromatic rings. The van der Waals surface area contributed by atoms with Gasteiger partial charge in [0.15, 0.2) is 23.0 Å². The molecular formula is C22H25NO5. The summed E-state index contributed by atoms with van der Waals surface area (Å²) in [6.07, 6.45) is 1.99. The second-order valence-electron chi connectivity index (χ2n) is 7.61. The van der Waals surface area contributed by atoms with E-state index >= 15 is 0 Å². The first kappa shape index (κ1) is 17.6. The lowest BCUT2D eigenvalue weighted by Crippen LogP contribution is -2.48. The summed E-state index contributed by atoms with van der Waals surface area (Å²) in [7, 11) is 3.37. The van der Waals surface area contributed by atoms with Gasteiger partial charge in [0.1, 0.15) is 0 Å². The van der Waals surface area contributed by atoms with Crippen molar-refractivity contribution in [2.45, 2.75) is 24.3 Å². The molecule has 1 saturated heterocycles. The molecule has 2 aromatic carbocycles. The third kappa shape index (κ3) is 2.71. The van der Waals surface area contributed by atoms with E-state index in [2.05, 4.69) is 29.6 Å². The summed E-state index contributed by atoms with van der Waals surface area (Å²) in [4.78, 5) is 0. The average Bonchev–Trinajstić information content (AvgIpc) is 3.22. The summed E-state index contributed by atoms with van der Waals surface area (Å²) in [5.41, 5.74) is 3.76. The molecule has 3 aliphatic rings. The Hall–Kier alpha value is -2.44. The second-order valence-corrected chi connectivity index (χ2v) is 7.61. The number of fused-ring (bicyclic) bond motifs is 3. The smallest absolute Gasteiger partial charge is 0.231 e. The summed E-state index contributed by atoms with van der Waals surface area (Å²) in [6.45, 7) is 2.74. The highest BCUT2D eigenvalue weighted by Crippen LogP contribution is 2.48. The Morgan fingerprint density at radius 3 is 2.50 bits per heavy atom. The second kappa shape index (κ2) is 6.87. The van der Waals surface area contributed by atoms with Crippen LogP contribution in [0, 0.1) is 0 Å². The number of nitrogens with one attached hydrogen (secondary N) is 1. The van der Waals surface area contributed by atoms with Gasteiger partial charge in [-0.2, -0.15) is 0 Å². The van der Waals surface area contributed by atoms with Crippen LogP contribution in [-0.4, -0.2) is 40.8 Å². The molecule has 1 atom stereocenters. The first-order chi connectivity index (χ1) is 13.7. The predicted molar refractivity (Wildman–Crippen MR) is 104 cm³/mol. The number of hydrogen-bond donors (Lipinski definition) is 1. The Balaban J connectivity index is 1.64. The minimum absolute atomic E-state index is 0.0535. The molecule has 0 saturated carbocycles. The molecule has 0 radical (unpaired) electrons. The quantitative estimate of drug-likeness (QED) is 0.879. The molecule has 1 unspecified atom stereocenters. The highest BCUT2D eigenvalue weighted by molar-refractivity contribution is 5.56. The zero-order valence-corrected chi connectivity index (χ0v) is 16.2. The predicted octanol–water partition coefficient (Wildman–Crippen LogP) is 3.17. The molecule has 28 heavy (non-hydrogen) atoms. The van der Waals surface area contributed by atoms with Crippen LogP contribution < -0.4 is 24.3 Å². The van der Waals surface area contributed by atoms with E-state index in [1.807, 2.05) is 6.07 Å². The maximum atomic E-state index is 5.66. The SMILES string of the molecule is COc1cc2c(cc1OC)C1(CCOCC1)CNC2c1ccc2c(c1)OCO2. The van der Waals surface area contributed by atoms with Gasteiger partial charge in [-0.1, -0.05) is 6.07 Å². The van der Waals surface area contributed by atoms with E-state index in [9.17, 15) is 0 Å². The van der Waals surface area contributed by atoms with E-state index in [0.29, 0.717) is 0 Å². The van der Waals surface area contributed by atoms with Gasteiger partial charge in [-0.15, -0.1) is 0 Å². The van der Waals surface area contributed by atoms with Gasteiger partial charge in [0.2, 0.25) is 6.79 Å². The molecule has 0 aromatic heterocycles. The number of rotatable bonds is 3. The van der Waals surface area contributed by atoms with Crippen LogP contribution >= 0.6 is 0 Å². The number of benzene rings is 2. The Labute approximate surface area is 164 Å². The molecule has 3 heterocycles. The fourth-order valence-electron chi connectivity index (χ4n) is 4.69. The molecule has 3 aliphatic heterocycles. The van der Waals surface area contributed by atoms with Crippen molar-refractivity contribution in [2.75, 3.05) is 40.8 Å². The molecule has 148 valence electrons. The van der Waals surface area contributed by atoms with Crippen LogP contribution in [-0.2, 0) is 10.2 Å². The minimum atomic E-state index is 0.0535. The zero-order valence-electron chi connectivity index (χ0n) is 16.2. The zero-order chi connectivity index (χ0) is 19.1. The third-order valence-electron chi connectivity index (χ3n) is 6.26. The maximum absolute atomic E-state index is 5.66. The minimum Gasteiger partial charge on any atom is -0.493 e. The highest BCUT2D eigenvalue weighted by atomic mass is 16.7. The molecular weight excluding hydrogens is 358 g/mol. The Morgan fingerprint density at radius 2 is 1.71 bits per heavy atom. The highest BCUT2D eigenvalue weighted by Gasteiger charge is 2.42. The fourth-order valence-corrected chi connectivity index (χ4v) is 4.69. The van der Waals surface area contributed by atoms with E-state index in [1.165, 1.54) is 11.1 Å². The molecule has 6 nitrogen and oxygen atoms in total. The Bertz CT molecular complexity index is 891. The van der Waals surface area contributed by atoms with Crippen molar-refractivity contribution in [3.63, 3.8) is 0 Å². The standard InChI is InChI=1S/C22H25NO5/c1-24-18-10-15-16(11-19(18)25-2)22(5-7-26-8-6-22)12-23-21(15)14-3-4-17-20(9-14)28-13-27-17/h3-4,9-11,21,23H,5-8,12-13H2,1-2H3. The lowest BCUT2D eigenvalue weighted by molar-refractivity contribution is 0.0460. The summed E-state index contributed by atoms with van der Waals surface area (Å²) in [5, 5.41) is 3.78. The van der Waals surface area contributed by atoms with Crippen molar-refractivity contribution < 1.29 is 23.7 Å². The molecule has 6 heteroatoms. The molecule has 5 rings (SSSR count). The topological polar surface area (TPSA) is 58.2 Å². The Kier molecular flexibility index (Phi) is 4.33. The van der Waals surface area contributed by atoms with Crippen molar-refractivity contribution in [3.8, 4) is 23.0 Å². The number of methoxy groups -OCH3 is 2. The van der Waals surface area contributed by atoms with E-state index in [1.54, 1.807) is 14.2 Å². The van der Waals surface area contributed by atoms with E-state index in [-0.39, 0.29) is 18.2 Å². The maximum Gasteiger partial charge on any atom is 0.231 e. The summed E-state index contributed by atoms with van der Waals surface area (Å²) >= 11 is 0. The van der Waals surface area contributed by atoms with Gasteiger partial charge in [-0.25, -0.2) is 0 Å². The number of ether oxygens (including phenoxy) is 5. The van der Waals surface area contributed by atoms with Crippen LogP contribution in [0.2, 0.25) is 0 Å². The third-order valence-corrected chi connectivity index (χ3v) is 6.26. The average molecular weight is 383 g/mol. The first-order valence-electron chi connectivity index (χ1n) is 9.71. The molecule has 1 N–H and O–H groups in total. The van der Waals surface area contributed by atoms with E-state index < -0.39 is 0 Å². The summed E-state index contributed by atoms with van der Waals surface area (Å²) < 4.78 is 28.0. The summed E-state index contributed by atoms with van der Waals surface area (Å²) in [5.74, 6) is 3.12. The molecule has 0 bridgehead atoms. The monoisotopic (exact) mass is 383 g/mol. The van der Waals surface area contributed by atoms with Gasteiger partial charge in [0.25, 0.3) is 0 Å². The van der Waals surface area contributed by atoms with Gasteiger partial charge >= 0.3 is 0 Å². The van der Waals surface area contributed by atoms with Crippen LogP contribution in [0.4, 0.5) is 0 Å². The first-order valence-corrected chi connectivity index (χ1v) is 9.71. The van der Waals surface area contributed by atoms with Crippen molar-refractivity contribution in [1.29, 1.82) is 0 Å². The van der Waals surface area contributed by atoms with Crippen molar-refractivity contribution in [3.05, 3.63) is 47.0 Å². The lowest BCUT2D eigenvalue weighted by atomic mass is 9.68. The van der Waals surface area contributed by atoms with Gasteiger partial charge in [-0.3, -0.25) is 0 Å². The van der Waals surface area contributed by atoms with Crippen molar-refractivity contribution in [1.82, 2.24) is 5.32 Å². The Morgan fingerprint density at radius 1 is 0.964 bits per heavy atom.